The van der Waals surface area contributed by atoms with E-state index in [9.17, 15) is 0 Å². The Bertz CT molecular complexity index is 708. The van der Waals surface area contributed by atoms with Gasteiger partial charge < -0.3 is 5.32 Å². The number of halogens is 1. The monoisotopic (exact) mass is 288 g/mol. The molecule has 0 aliphatic heterocycles. The van der Waals surface area contributed by atoms with E-state index in [1.807, 2.05) is 36.5 Å². The van der Waals surface area contributed by atoms with Gasteiger partial charge in [-0.1, -0.05) is 17.7 Å². The zero-order chi connectivity index (χ0) is 13.2. The zero-order valence-electron chi connectivity index (χ0n) is 10.4. The van der Waals surface area contributed by atoms with E-state index in [4.69, 9.17) is 11.6 Å². The van der Waals surface area contributed by atoms with Gasteiger partial charge in [0.2, 0.25) is 0 Å². The van der Waals surface area contributed by atoms with Crippen molar-refractivity contribution in [1.82, 2.24) is 4.98 Å². The van der Waals surface area contributed by atoms with Gasteiger partial charge in [-0.25, -0.2) is 0 Å². The van der Waals surface area contributed by atoms with Crippen LogP contribution in [0.15, 0.2) is 48.0 Å². The molecule has 2 aromatic heterocycles. The average Bonchev–Trinajstić information content (AvgIpc) is 2.85. The van der Waals surface area contributed by atoms with Crippen LogP contribution in [0.3, 0.4) is 0 Å². The summed E-state index contributed by atoms with van der Waals surface area (Å²) in [4.78, 5) is 4.47. The number of rotatable bonds is 3. The van der Waals surface area contributed by atoms with Gasteiger partial charge in [-0.05, 0) is 48.2 Å². The first-order valence-corrected chi connectivity index (χ1v) is 7.33. The maximum absolute atomic E-state index is 5.99. The minimum atomic E-state index is 0.192. The molecule has 0 bridgehead atoms. The molecule has 4 heteroatoms. The molecule has 1 N–H and O–H groups in total. The average molecular weight is 289 g/mol. The molecule has 1 unspecified atom stereocenters. The molecule has 0 saturated carbocycles. The summed E-state index contributed by atoms with van der Waals surface area (Å²) in [5, 5.41) is 6.24. The highest BCUT2D eigenvalue weighted by Crippen LogP contribution is 2.25. The molecule has 2 nitrogen and oxygen atoms in total. The van der Waals surface area contributed by atoms with Crippen LogP contribution in [-0.2, 0) is 0 Å². The number of pyridine rings is 1. The molecule has 0 fully saturated rings. The normalized spacial score (nSPS) is 12.5. The Kier molecular flexibility index (Phi) is 3.40. The molecular weight excluding hydrogens is 276 g/mol. The van der Waals surface area contributed by atoms with Gasteiger partial charge in [0.1, 0.15) is 0 Å². The SMILES string of the molecule is CC(Nc1cccc(Cl)c1)c1cnc2ccsc2c1. The summed E-state index contributed by atoms with van der Waals surface area (Å²) in [5.41, 5.74) is 3.25. The molecular formula is C15H13ClN2S. The third kappa shape index (κ3) is 2.72. The first kappa shape index (κ1) is 12.5. The number of fused-ring (bicyclic) bond motifs is 1. The van der Waals surface area contributed by atoms with Gasteiger partial charge in [0.25, 0.3) is 0 Å². The third-order valence-corrected chi connectivity index (χ3v) is 4.12. The number of nitrogens with zero attached hydrogens (tertiary/aromatic N) is 1. The number of hydrogen-bond donors (Lipinski definition) is 1. The second-order valence-corrected chi connectivity index (χ2v) is 5.83. The summed E-state index contributed by atoms with van der Waals surface area (Å²) < 4.78 is 1.22. The summed E-state index contributed by atoms with van der Waals surface area (Å²) >= 11 is 7.70. The lowest BCUT2D eigenvalue weighted by molar-refractivity contribution is 0.880. The molecule has 3 rings (SSSR count). The van der Waals surface area contributed by atoms with Crippen molar-refractivity contribution in [2.45, 2.75) is 13.0 Å². The van der Waals surface area contributed by atoms with Crippen molar-refractivity contribution in [2.75, 3.05) is 5.32 Å². The predicted molar refractivity (Wildman–Crippen MR) is 83.1 cm³/mol. The topological polar surface area (TPSA) is 24.9 Å². The third-order valence-electron chi connectivity index (χ3n) is 3.03. The van der Waals surface area contributed by atoms with Crippen LogP contribution in [0, 0.1) is 0 Å². The Labute approximate surface area is 121 Å². The molecule has 0 radical (unpaired) electrons. The van der Waals surface area contributed by atoms with Gasteiger partial charge in [0.05, 0.1) is 16.3 Å². The molecule has 3 aromatic rings. The molecule has 1 aromatic carbocycles. The highest BCUT2D eigenvalue weighted by molar-refractivity contribution is 7.17. The highest BCUT2D eigenvalue weighted by atomic mass is 35.5. The highest BCUT2D eigenvalue weighted by Gasteiger charge is 2.07. The fourth-order valence-corrected chi connectivity index (χ4v) is 2.99. The summed E-state index contributed by atoms with van der Waals surface area (Å²) in [5.74, 6) is 0. The van der Waals surface area contributed by atoms with Crippen molar-refractivity contribution in [3.63, 3.8) is 0 Å². The lowest BCUT2D eigenvalue weighted by Crippen LogP contribution is -2.06. The number of nitrogens with one attached hydrogen (secondary N) is 1. The van der Waals surface area contributed by atoms with E-state index in [-0.39, 0.29) is 6.04 Å². The van der Waals surface area contributed by atoms with E-state index in [0.29, 0.717) is 0 Å². The van der Waals surface area contributed by atoms with E-state index in [2.05, 4.69) is 28.7 Å². The quantitative estimate of drug-likeness (QED) is 0.723. The molecule has 2 heterocycles. The van der Waals surface area contributed by atoms with E-state index in [0.717, 1.165) is 16.2 Å². The van der Waals surface area contributed by atoms with Crippen molar-refractivity contribution in [2.24, 2.45) is 0 Å². The van der Waals surface area contributed by atoms with Gasteiger partial charge in [-0.3, -0.25) is 4.98 Å². The number of aromatic nitrogens is 1. The van der Waals surface area contributed by atoms with Gasteiger partial charge in [-0.15, -0.1) is 11.3 Å². The van der Waals surface area contributed by atoms with Crippen LogP contribution in [0.4, 0.5) is 5.69 Å². The van der Waals surface area contributed by atoms with Crippen molar-refractivity contribution in [3.05, 3.63) is 58.6 Å². The minimum Gasteiger partial charge on any atom is -0.378 e. The smallest absolute Gasteiger partial charge is 0.0809 e. The largest absolute Gasteiger partial charge is 0.378 e. The van der Waals surface area contributed by atoms with Crippen molar-refractivity contribution in [3.8, 4) is 0 Å². The molecule has 1 atom stereocenters. The van der Waals surface area contributed by atoms with E-state index < -0.39 is 0 Å². The molecule has 0 saturated heterocycles. The predicted octanol–water partition coefficient (Wildman–Crippen LogP) is 5.12. The van der Waals surface area contributed by atoms with E-state index in [1.54, 1.807) is 11.3 Å². The Morgan fingerprint density at radius 3 is 3.00 bits per heavy atom. The standard InChI is InChI=1S/C15H13ClN2S/c1-10(18-13-4-2-3-12(16)8-13)11-7-15-14(17-9-11)5-6-19-15/h2-10,18H,1H3. The van der Waals surface area contributed by atoms with E-state index in [1.165, 1.54) is 10.3 Å². The number of hydrogen-bond acceptors (Lipinski definition) is 3. The number of thiophene rings is 1. The van der Waals surface area contributed by atoms with Crippen LogP contribution in [0.25, 0.3) is 10.2 Å². The van der Waals surface area contributed by atoms with Crippen LogP contribution in [-0.4, -0.2) is 4.98 Å². The summed E-state index contributed by atoms with van der Waals surface area (Å²) in [7, 11) is 0. The lowest BCUT2D eigenvalue weighted by atomic mass is 10.1. The molecule has 19 heavy (non-hydrogen) atoms. The molecule has 0 amide bonds. The molecule has 96 valence electrons. The fraction of sp³-hybridized carbons (Fsp3) is 0.133. The Morgan fingerprint density at radius 1 is 1.26 bits per heavy atom. The minimum absolute atomic E-state index is 0.192. The summed E-state index contributed by atoms with van der Waals surface area (Å²) in [6.07, 6.45) is 1.93. The first-order valence-electron chi connectivity index (χ1n) is 6.07. The Balaban J connectivity index is 1.84. The molecule has 0 aliphatic carbocycles. The van der Waals surface area contributed by atoms with Crippen molar-refractivity contribution < 1.29 is 0 Å². The van der Waals surface area contributed by atoms with Gasteiger partial charge in [0, 0.05) is 16.9 Å². The lowest BCUT2D eigenvalue weighted by Gasteiger charge is -2.15. The van der Waals surface area contributed by atoms with Gasteiger partial charge >= 0.3 is 0 Å². The van der Waals surface area contributed by atoms with Crippen LogP contribution in [0.1, 0.15) is 18.5 Å². The number of anilines is 1. The van der Waals surface area contributed by atoms with Gasteiger partial charge in [0.15, 0.2) is 0 Å². The van der Waals surface area contributed by atoms with Crippen LogP contribution < -0.4 is 5.32 Å². The van der Waals surface area contributed by atoms with E-state index >= 15 is 0 Å². The summed E-state index contributed by atoms with van der Waals surface area (Å²) in [6.45, 7) is 2.12. The number of benzene rings is 1. The zero-order valence-corrected chi connectivity index (χ0v) is 12.0. The van der Waals surface area contributed by atoms with Crippen molar-refractivity contribution in [1.29, 1.82) is 0 Å². The maximum atomic E-state index is 5.99. The van der Waals surface area contributed by atoms with Crippen LogP contribution >= 0.6 is 22.9 Å². The van der Waals surface area contributed by atoms with Crippen LogP contribution in [0.5, 0.6) is 0 Å². The second-order valence-electron chi connectivity index (χ2n) is 4.45. The fourth-order valence-electron chi connectivity index (χ4n) is 2.01. The first-order chi connectivity index (χ1) is 9.22. The van der Waals surface area contributed by atoms with Crippen molar-refractivity contribution >= 4 is 38.8 Å². The second kappa shape index (κ2) is 5.19. The maximum Gasteiger partial charge on any atom is 0.0809 e. The Morgan fingerprint density at radius 2 is 2.16 bits per heavy atom. The molecule has 0 aliphatic rings. The Hall–Kier alpha value is -1.58. The van der Waals surface area contributed by atoms with Crippen LogP contribution in [0.2, 0.25) is 5.02 Å². The van der Waals surface area contributed by atoms with Gasteiger partial charge in [-0.2, -0.15) is 0 Å². The summed E-state index contributed by atoms with van der Waals surface area (Å²) in [6, 6.07) is 12.2. The molecule has 0 spiro atoms.